The van der Waals surface area contributed by atoms with Gasteiger partial charge in [0.15, 0.2) is 15.8 Å². The first-order valence-electron chi connectivity index (χ1n) is 10.7. The van der Waals surface area contributed by atoms with Crippen LogP contribution in [0, 0.1) is 0 Å². The van der Waals surface area contributed by atoms with Crippen LogP contribution >= 0.6 is 23.1 Å². The average molecular weight is 529 g/mol. The number of amides is 2. The van der Waals surface area contributed by atoms with Crippen LogP contribution in [-0.2, 0) is 14.3 Å². The van der Waals surface area contributed by atoms with Crippen molar-refractivity contribution in [2.75, 3.05) is 37.2 Å². The summed E-state index contributed by atoms with van der Waals surface area (Å²) in [5.74, 6) is 0.217. The number of thioether (sulfide) groups is 1. The van der Waals surface area contributed by atoms with Crippen LogP contribution in [-0.4, -0.2) is 54.6 Å². The summed E-state index contributed by atoms with van der Waals surface area (Å²) in [6.07, 6.45) is 3.01. The summed E-state index contributed by atoms with van der Waals surface area (Å²) in [4.78, 5) is 36.2. The highest BCUT2D eigenvalue weighted by molar-refractivity contribution is 8.01. The molecule has 0 atom stereocenters. The zero-order valence-electron chi connectivity index (χ0n) is 19.8. The number of methoxy groups -OCH3 is 2. The molecule has 36 heavy (non-hydrogen) atoms. The Balaban J connectivity index is 1.46. The number of carbonyl (C=O) groups excluding carboxylic acids is 3. The Bertz CT molecular complexity index is 1240. The van der Waals surface area contributed by atoms with Gasteiger partial charge in [-0.25, -0.2) is 4.79 Å². The van der Waals surface area contributed by atoms with Gasteiger partial charge in [-0.15, -0.1) is 10.2 Å². The molecule has 0 fully saturated rings. The third kappa shape index (κ3) is 7.82. The summed E-state index contributed by atoms with van der Waals surface area (Å²) in [5.41, 5.74) is 1.73. The van der Waals surface area contributed by atoms with Crippen LogP contribution in [0.1, 0.15) is 22.8 Å². The van der Waals surface area contributed by atoms with E-state index in [0.717, 1.165) is 16.9 Å². The second-order valence-corrected chi connectivity index (χ2v) is 9.14. The van der Waals surface area contributed by atoms with Crippen LogP contribution in [0.4, 0.5) is 10.8 Å². The predicted octanol–water partition coefficient (Wildman–Crippen LogP) is 4.11. The first-order chi connectivity index (χ1) is 17.4. The Morgan fingerprint density at radius 3 is 2.44 bits per heavy atom. The predicted molar refractivity (Wildman–Crippen MR) is 139 cm³/mol. The Morgan fingerprint density at radius 1 is 1.00 bits per heavy atom. The van der Waals surface area contributed by atoms with Crippen molar-refractivity contribution in [3.63, 3.8) is 0 Å². The van der Waals surface area contributed by atoms with Gasteiger partial charge in [-0.3, -0.25) is 14.9 Å². The fraction of sp³-hybridized carbons (Fsp3) is 0.208. The van der Waals surface area contributed by atoms with E-state index in [1.54, 1.807) is 62.6 Å². The van der Waals surface area contributed by atoms with Crippen LogP contribution in [0.2, 0.25) is 0 Å². The third-order valence-corrected chi connectivity index (χ3v) is 6.45. The minimum Gasteiger partial charge on any atom is -0.493 e. The molecule has 0 radical (unpaired) electrons. The van der Waals surface area contributed by atoms with Crippen molar-refractivity contribution in [3.05, 3.63) is 59.7 Å². The van der Waals surface area contributed by atoms with Gasteiger partial charge in [0.1, 0.15) is 0 Å². The topological polar surface area (TPSA) is 129 Å². The van der Waals surface area contributed by atoms with Crippen molar-refractivity contribution >= 4 is 57.8 Å². The van der Waals surface area contributed by atoms with Crippen LogP contribution in [0.25, 0.3) is 6.08 Å². The fourth-order valence-electron chi connectivity index (χ4n) is 2.82. The van der Waals surface area contributed by atoms with Gasteiger partial charge in [0.2, 0.25) is 16.9 Å². The number of hydrogen-bond acceptors (Lipinski definition) is 10. The minimum atomic E-state index is -0.415. The largest absolute Gasteiger partial charge is 0.493 e. The number of benzene rings is 2. The number of aromatic nitrogens is 2. The highest BCUT2D eigenvalue weighted by Gasteiger charge is 2.11. The maximum Gasteiger partial charge on any atom is 0.338 e. The van der Waals surface area contributed by atoms with Gasteiger partial charge in [0, 0.05) is 11.8 Å². The SMILES string of the molecule is CCOC(=O)c1ccc(NC(=O)CSc2nnc(NC(=O)/C=C/c3ccc(OC)c(OC)c3)s2)cc1. The van der Waals surface area contributed by atoms with Gasteiger partial charge in [-0.2, -0.15) is 0 Å². The highest BCUT2D eigenvalue weighted by atomic mass is 32.2. The lowest BCUT2D eigenvalue weighted by atomic mass is 10.2. The first-order valence-corrected chi connectivity index (χ1v) is 12.5. The van der Waals surface area contributed by atoms with Crippen LogP contribution < -0.4 is 20.1 Å². The standard InChI is InChI=1S/C24H24N4O6S2/c1-4-34-22(31)16-7-9-17(10-8-16)25-21(30)14-35-24-28-27-23(36-24)26-20(29)12-6-15-5-11-18(32-2)19(13-15)33-3/h5-13H,4,14H2,1-3H3,(H,25,30)(H,26,27,29)/b12-6+. The summed E-state index contributed by atoms with van der Waals surface area (Å²) >= 11 is 2.35. The number of carbonyl (C=O) groups is 3. The van der Waals surface area contributed by atoms with Crippen molar-refractivity contribution in [3.8, 4) is 11.5 Å². The quantitative estimate of drug-likeness (QED) is 0.163. The lowest BCUT2D eigenvalue weighted by Crippen LogP contribution is -2.14. The Hall–Kier alpha value is -3.90. The van der Waals surface area contributed by atoms with Crippen molar-refractivity contribution in [1.82, 2.24) is 10.2 Å². The molecule has 2 N–H and O–H groups in total. The molecule has 1 aromatic heterocycles. The minimum absolute atomic E-state index is 0.0986. The molecule has 0 aliphatic rings. The van der Waals surface area contributed by atoms with E-state index in [1.807, 2.05) is 0 Å². The second kappa shape index (κ2) is 13.3. The lowest BCUT2D eigenvalue weighted by Gasteiger charge is -2.07. The molecule has 10 nitrogen and oxygen atoms in total. The van der Waals surface area contributed by atoms with Crippen LogP contribution in [0.3, 0.4) is 0 Å². The van der Waals surface area contributed by atoms with E-state index in [1.165, 1.54) is 24.9 Å². The molecule has 3 aromatic rings. The maximum atomic E-state index is 12.2. The molecule has 0 aliphatic carbocycles. The van der Waals surface area contributed by atoms with E-state index in [2.05, 4.69) is 20.8 Å². The molecule has 0 unspecified atom stereocenters. The van der Waals surface area contributed by atoms with Gasteiger partial charge in [0.05, 0.1) is 32.1 Å². The highest BCUT2D eigenvalue weighted by Crippen LogP contribution is 2.28. The zero-order chi connectivity index (χ0) is 25.9. The molecule has 1 heterocycles. The monoisotopic (exact) mass is 528 g/mol. The van der Waals surface area contributed by atoms with Crippen molar-refractivity contribution in [2.24, 2.45) is 0 Å². The van der Waals surface area contributed by atoms with Crippen molar-refractivity contribution < 1.29 is 28.6 Å². The molecule has 2 aromatic carbocycles. The van der Waals surface area contributed by atoms with E-state index >= 15 is 0 Å². The summed E-state index contributed by atoms with van der Waals surface area (Å²) in [6, 6.07) is 11.7. The summed E-state index contributed by atoms with van der Waals surface area (Å²) < 4.78 is 15.9. The smallest absolute Gasteiger partial charge is 0.338 e. The number of nitrogens with one attached hydrogen (secondary N) is 2. The van der Waals surface area contributed by atoms with Crippen LogP contribution in [0.15, 0.2) is 52.9 Å². The van der Waals surface area contributed by atoms with Crippen molar-refractivity contribution in [1.29, 1.82) is 0 Å². The Morgan fingerprint density at radius 2 is 1.75 bits per heavy atom. The lowest BCUT2D eigenvalue weighted by molar-refractivity contribution is -0.114. The summed E-state index contributed by atoms with van der Waals surface area (Å²) in [7, 11) is 3.09. The molecular formula is C24H24N4O6S2. The summed E-state index contributed by atoms with van der Waals surface area (Å²) in [6.45, 7) is 2.03. The summed E-state index contributed by atoms with van der Waals surface area (Å²) in [5, 5.41) is 13.6. The molecular weight excluding hydrogens is 504 g/mol. The fourth-order valence-corrected chi connectivity index (χ4v) is 4.38. The van der Waals surface area contributed by atoms with Gasteiger partial charge >= 0.3 is 5.97 Å². The number of rotatable bonds is 11. The van der Waals surface area contributed by atoms with Gasteiger partial charge in [-0.1, -0.05) is 29.2 Å². The molecule has 3 rings (SSSR count). The van der Waals surface area contributed by atoms with E-state index in [4.69, 9.17) is 14.2 Å². The molecule has 0 saturated carbocycles. The van der Waals surface area contributed by atoms with Gasteiger partial charge in [0.25, 0.3) is 0 Å². The number of ether oxygens (including phenoxy) is 3. The average Bonchev–Trinajstić information content (AvgIpc) is 3.33. The van der Waals surface area contributed by atoms with Gasteiger partial charge in [-0.05, 0) is 55.0 Å². The number of esters is 1. The van der Waals surface area contributed by atoms with Crippen molar-refractivity contribution in [2.45, 2.75) is 11.3 Å². The Labute approximate surface area is 216 Å². The Kier molecular flexibility index (Phi) is 9.83. The number of hydrogen-bond donors (Lipinski definition) is 2. The van der Waals surface area contributed by atoms with E-state index in [9.17, 15) is 14.4 Å². The van der Waals surface area contributed by atoms with E-state index < -0.39 is 5.97 Å². The molecule has 0 spiro atoms. The second-order valence-electron chi connectivity index (χ2n) is 6.94. The molecule has 0 aliphatic heterocycles. The van der Waals surface area contributed by atoms with Crippen LogP contribution in [0.5, 0.6) is 11.5 Å². The number of anilines is 2. The van der Waals surface area contributed by atoms with Gasteiger partial charge < -0.3 is 19.5 Å². The number of nitrogens with zero attached hydrogens (tertiary/aromatic N) is 2. The van der Waals surface area contributed by atoms with E-state index in [0.29, 0.717) is 38.8 Å². The first kappa shape index (κ1) is 26.7. The molecule has 12 heteroatoms. The third-order valence-electron chi connectivity index (χ3n) is 4.48. The normalized spacial score (nSPS) is 10.6. The molecule has 188 valence electrons. The molecule has 0 bridgehead atoms. The van der Waals surface area contributed by atoms with E-state index in [-0.39, 0.29) is 17.6 Å². The maximum absolute atomic E-state index is 12.2. The molecule has 0 saturated heterocycles. The molecule has 2 amide bonds. The zero-order valence-corrected chi connectivity index (χ0v) is 21.4.